The second kappa shape index (κ2) is 9.96. The van der Waals surface area contributed by atoms with Gasteiger partial charge in [-0.1, -0.05) is 84.9 Å². The Bertz CT molecular complexity index is 2870. The lowest BCUT2D eigenvalue weighted by Gasteiger charge is -2.31. The monoisotopic (exact) mass is 627 g/mol. The highest BCUT2D eigenvalue weighted by atomic mass is 15.3. The molecule has 0 amide bonds. The molecule has 0 unspecified atom stereocenters. The molecule has 7 aromatic carbocycles. The third kappa shape index (κ3) is 3.72. The zero-order chi connectivity index (χ0) is 32.1. The average Bonchev–Trinajstić information content (AvgIpc) is 3.83. The lowest BCUT2D eigenvalue weighted by atomic mass is 10.1. The summed E-state index contributed by atoms with van der Waals surface area (Å²) in [5.74, 6) is 0.946. The molecule has 1 aliphatic heterocycles. The Kier molecular flexibility index (Phi) is 5.38. The van der Waals surface area contributed by atoms with Gasteiger partial charge >= 0.3 is 0 Å². The van der Waals surface area contributed by atoms with Crippen LogP contribution in [0.1, 0.15) is 5.56 Å². The van der Waals surface area contributed by atoms with Gasteiger partial charge in [-0.25, -0.2) is 4.98 Å². The molecule has 0 atom stereocenters. The number of para-hydroxylation sites is 6. The van der Waals surface area contributed by atoms with Crippen molar-refractivity contribution in [3.8, 4) is 17.1 Å². The first-order valence-electron chi connectivity index (χ1n) is 16.8. The Labute approximate surface area is 282 Å². The molecular formula is C44H29N5. The van der Waals surface area contributed by atoms with Crippen LogP contribution in [0.4, 0.5) is 11.6 Å². The number of fused-ring (bicyclic) bond motifs is 11. The van der Waals surface area contributed by atoms with Gasteiger partial charge in [0.05, 0.1) is 45.3 Å². The molecule has 0 N–H and O–H groups in total. The number of rotatable bonds is 3. The van der Waals surface area contributed by atoms with Crippen molar-refractivity contribution in [2.45, 2.75) is 6.54 Å². The summed E-state index contributed by atoms with van der Waals surface area (Å²) in [6.07, 6.45) is 0. The average molecular weight is 628 g/mol. The van der Waals surface area contributed by atoms with E-state index in [2.05, 4.69) is 182 Å². The maximum atomic E-state index is 5.11. The van der Waals surface area contributed by atoms with Crippen molar-refractivity contribution in [1.29, 1.82) is 0 Å². The van der Waals surface area contributed by atoms with Crippen LogP contribution in [0.5, 0.6) is 0 Å². The van der Waals surface area contributed by atoms with Crippen LogP contribution in [-0.4, -0.2) is 18.7 Å². The van der Waals surface area contributed by atoms with E-state index in [0.717, 1.165) is 40.6 Å². The van der Waals surface area contributed by atoms with Crippen molar-refractivity contribution in [3.63, 3.8) is 0 Å². The maximum Gasteiger partial charge on any atom is 0.216 e. The molecular weight excluding hydrogens is 599 g/mol. The van der Waals surface area contributed by atoms with E-state index >= 15 is 0 Å². The van der Waals surface area contributed by atoms with Crippen molar-refractivity contribution in [1.82, 2.24) is 18.7 Å². The fourth-order valence-corrected chi connectivity index (χ4v) is 8.12. The smallest absolute Gasteiger partial charge is 0.216 e. The zero-order valence-corrected chi connectivity index (χ0v) is 26.5. The van der Waals surface area contributed by atoms with E-state index in [1.807, 2.05) is 0 Å². The molecule has 5 nitrogen and oxygen atoms in total. The van der Waals surface area contributed by atoms with Gasteiger partial charge in [0.1, 0.15) is 0 Å². The van der Waals surface area contributed by atoms with Gasteiger partial charge in [0.25, 0.3) is 0 Å². The molecule has 0 radical (unpaired) electrons. The Morgan fingerprint density at radius 2 is 0.918 bits per heavy atom. The molecule has 5 heteroatoms. The molecule has 0 spiro atoms. The van der Waals surface area contributed by atoms with Gasteiger partial charge < -0.3 is 14.0 Å². The van der Waals surface area contributed by atoms with Crippen molar-refractivity contribution < 1.29 is 0 Å². The van der Waals surface area contributed by atoms with Crippen molar-refractivity contribution >= 4 is 66.3 Å². The molecule has 1 aliphatic rings. The Morgan fingerprint density at radius 1 is 0.388 bits per heavy atom. The van der Waals surface area contributed by atoms with Gasteiger partial charge in [-0.05, 0) is 84.4 Å². The second-order valence-electron chi connectivity index (χ2n) is 12.9. The third-order valence-corrected chi connectivity index (χ3v) is 10.2. The summed E-state index contributed by atoms with van der Waals surface area (Å²) < 4.78 is 7.14. The molecule has 0 fully saturated rings. The lowest BCUT2D eigenvalue weighted by molar-refractivity contribution is 0.843. The maximum absolute atomic E-state index is 5.11. The van der Waals surface area contributed by atoms with E-state index in [1.165, 1.54) is 54.9 Å². The molecule has 4 heterocycles. The first kappa shape index (κ1) is 26.5. The molecule has 0 saturated carbocycles. The van der Waals surface area contributed by atoms with Crippen LogP contribution < -0.4 is 4.90 Å². The van der Waals surface area contributed by atoms with Gasteiger partial charge in [-0.15, -0.1) is 0 Å². The van der Waals surface area contributed by atoms with Crippen LogP contribution in [0.15, 0.2) is 164 Å². The van der Waals surface area contributed by atoms with Crippen LogP contribution >= 0.6 is 0 Å². The minimum absolute atomic E-state index is 0.728. The molecule has 3 aromatic heterocycles. The SMILES string of the molecule is c1ccc(N2Cc3cc(-n4c5ccccc5c5cc(-n6c7ccccc7c7ccccc76)ccc54)ccc3-n3c2nc2ccccc23)cc1. The van der Waals surface area contributed by atoms with Crippen molar-refractivity contribution in [2.75, 3.05) is 4.90 Å². The van der Waals surface area contributed by atoms with Crippen molar-refractivity contribution in [2.24, 2.45) is 0 Å². The standard InChI is InChI=1S/C44H29N5/c1-2-12-30(13-3-1)46-28-29-26-31(22-24-38(29)49-43-21-11-7-17-37(43)45-44(46)49)47-41-20-10-6-16-35(41)36-27-32(23-25-42(36)47)48-39-18-8-4-14-33(39)34-15-5-9-19-40(34)48/h1-27H,28H2. The normalized spacial score (nSPS) is 12.8. The largest absolute Gasteiger partial charge is 0.309 e. The molecule has 10 aromatic rings. The van der Waals surface area contributed by atoms with E-state index in [9.17, 15) is 0 Å². The minimum Gasteiger partial charge on any atom is -0.309 e. The van der Waals surface area contributed by atoms with E-state index < -0.39 is 0 Å². The fourth-order valence-electron chi connectivity index (χ4n) is 8.12. The Balaban J connectivity index is 1.13. The zero-order valence-electron chi connectivity index (χ0n) is 26.5. The van der Waals surface area contributed by atoms with Crippen LogP contribution in [0.3, 0.4) is 0 Å². The highest BCUT2D eigenvalue weighted by Gasteiger charge is 2.27. The quantitative estimate of drug-likeness (QED) is 0.195. The molecule has 230 valence electrons. The predicted molar refractivity (Wildman–Crippen MR) is 202 cm³/mol. The number of aromatic nitrogens is 4. The van der Waals surface area contributed by atoms with E-state index in [-0.39, 0.29) is 0 Å². The first-order chi connectivity index (χ1) is 24.3. The predicted octanol–water partition coefficient (Wildman–Crippen LogP) is 10.9. The summed E-state index contributed by atoms with van der Waals surface area (Å²) in [6.45, 7) is 0.728. The second-order valence-corrected chi connectivity index (χ2v) is 12.9. The lowest BCUT2D eigenvalue weighted by Crippen LogP contribution is -2.26. The fraction of sp³-hybridized carbons (Fsp3) is 0.0227. The number of nitrogens with zero attached hydrogens (tertiary/aromatic N) is 5. The van der Waals surface area contributed by atoms with Gasteiger partial charge in [-0.3, -0.25) is 4.57 Å². The first-order valence-corrected chi connectivity index (χ1v) is 16.8. The van der Waals surface area contributed by atoms with Gasteiger partial charge in [0, 0.05) is 38.6 Å². The van der Waals surface area contributed by atoms with E-state index in [0.29, 0.717) is 0 Å². The number of anilines is 2. The number of hydrogen-bond donors (Lipinski definition) is 0. The summed E-state index contributed by atoms with van der Waals surface area (Å²) >= 11 is 0. The molecule has 49 heavy (non-hydrogen) atoms. The number of imidazole rings is 1. The highest BCUT2D eigenvalue weighted by Crippen LogP contribution is 2.41. The van der Waals surface area contributed by atoms with E-state index in [1.54, 1.807) is 0 Å². The van der Waals surface area contributed by atoms with Crippen LogP contribution in [-0.2, 0) is 6.54 Å². The summed E-state index contributed by atoms with van der Waals surface area (Å²) in [5.41, 5.74) is 12.8. The number of hydrogen-bond acceptors (Lipinski definition) is 2. The van der Waals surface area contributed by atoms with Crippen LogP contribution in [0.25, 0.3) is 71.7 Å². The Hall–Kier alpha value is -6.59. The summed E-state index contributed by atoms with van der Waals surface area (Å²) in [7, 11) is 0. The molecule has 11 rings (SSSR count). The molecule has 0 bridgehead atoms. The highest BCUT2D eigenvalue weighted by molar-refractivity contribution is 6.12. The Morgan fingerprint density at radius 3 is 1.61 bits per heavy atom. The van der Waals surface area contributed by atoms with Crippen molar-refractivity contribution in [3.05, 3.63) is 169 Å². The summed E-state index contributed by atoms with van der Waals surface area (Å²) in [4.78, 5) is 7.44. The number of benzene rings is 7. The van der Waals surface area contributed by atoms with Gasteiger partial charge in [0.2, 0.25) is 5.95 Å². The molecule has 0 aliphatic carbocycles. The van der Waals surface area contributed by atoms with Crippen LogP contribution in [0, 0.1) is 0 Å². The summed E-state index contributed by atoms with van der Waals surface area (Å²) in [6, 6.07) is 59.1. The van der Waals surface area contributed by atoms with Gasteiger partial charge in [0.15, 0.2) is 0 Å². The third-order valence-electron chi connectivity index (χ3n) is 10.2. The van der Waals surface area contributed by atoms with Crippen LogP contribution in [0.2, 0.25) is 0 Å². The van der Waals surface area contributed by atoms with E-state index in [4.69, 9.17) is 4.98 Å². The summed E-state index contributed by atoms with van der Waals surface area (Å²) in [5, 5.41) is 5.02. The van der Waals surface area contributed by atoms with Gasteiger partial charge in [-0.2, -0.15) is 0 Å². The topological polar surface area (TPSA) is 30.9 Å². The molecule has 0 saturated heterocycles. The minimum atomic E-state index is 0.728.